The van der Waals surface area contributed by atoms with Crippen LogP contribution in [-0.2, 0) is 0 Å². The van der Waals surface area contributed by atoms with Crippen LogP contribution in [0, 0.1) is 0 Å². The Morgan fingerprint density at radius 3 is 2.65 bits per heavy atom. The zero-order chi connectivity index (χ0) is 16.8. The van der Waals surface area contributed by atoms with Gasteiger partial charge < -0.3 is 25.2 Å². The number of carbonyl (C=O) groups is 1. The quantitative estimate of drug-likeness (QED) is 0.797. The summed E-state index contributed by atoms with van der Waals surface area (Å²) < 4.78 is 10.6. The van der Waals surface area contributed by atoms with Crippen molar-refractivity contribution in [3.05, 3.63) is 23.2 Å². The van der Waals surface area contributed by atoms with Gasteiger partial charge in [-0.15, -0.1) is 0 Å². The highest BCUT2D eigenvalue weighted by atomic mass is 35.5. The number of primary amides is 1. The van der Waals surface area contributed by atoms with Crippen molar-refractivity contribution >= 4 is 17.6 Å². The molecule has 1 aromatic carbocycles. The predicted molar refractivity (Wildman–Crippen MR) is 87.1 cm³/mol. The summed E-state index contributed by atoms with van der Waals surface area (Å²) in [5.74, 6) is 1.15. The van der Waals surface area contributed by atoms with E-state index in [0.29, 0.717) is 49.2 Å². The van der Waals surface area contributed by atoms with Crippen LogP contribution in [0.4, 0.5) is 4.79 Å². The smallest absolute Gasteiger partial charge is 0.314 e. The molecule has 2 amide bonds. The number of amides is 2. The van der Waals surface area contributed by atoms with Crippen LogP contribution < -0.4 is 15.2 Å². The molecule has 23 heavy (non-hydrogen) atoms. The Kier molecular flexibility index (Phi) is 6.32. The van der Waals surface area contributed by atoms with Gasteiger partial charge in [0.15, 0.2) is 0 Å². The molecular formula is C15H22ClN3O4. The van der Waals surface area contributed by atoms with Crippen molar-refractivity contribution in [2.24, 2.45) is 5.73 Å². The number of piperazine rings is 1. The Morgan fingerprint density at radius 1 is 1.39 bits per heavy atom. The molecule has 0 bridgehead atoms. The molecule has 1 unspecified atom stereocenters. The molecular weight excluding hydrogens is 322 g/mol. The summed E-state index contributed by atoms with van der Waals surface area (Å²) in [7, 11) is 1.56. The van der Waals surface area contributed by atoms with Crippen LogP contribution in [0.15, 0.2) is 18.2 Å². The van der Waals surface area contributed by atoms with E-state index < -0.39 is 12.1 Å². The Labute approximate surface area is 140 Å². The number of urea groups is 1. The van der Waals surface area contributed by atoms with E-state index in [-0.39, 0.29) is 6.61 Å². The predicted octanol–water partition coefficient (Wildman–Crippen LogP) is 0.785. The van der Waals surface area contributed by atoms with Gasteiger partial charge in [-0.2, -0.15) is 0 Å². The second-order valence-electron chi connectivity index (χ2n) is 5.39. The summed E-state index contributed by atoms with van der Waals surface area (Å²) in [5, 5.41) is 10.5. The number of halogens is 1. The molecule has 0 aliphatic carbocycles. The highest BCUT2D eigenvalue weighted by Crippen LogP contribution is 2.28. The number of hydrogen-bond donors (Lipinski definition) is 2. The van der Waals surface area contributed by atoms with Gasteiger partial charge in [0.2, 0.25) is 0 Å². The van der Waals surface area contributed by atoms with Gasteiger partial charge in [0.05, 0.1) is 12.1 Å². The lowest BCUT2D eigenvalue weighted by Gasteiger charge is -2.34. The standard InChI is InChI=1S/C15H22ClN3O4/c1-22-12-2-3-14(13(16)8-12)23-10-11(20)9-18-4-6-19(7-5-18)15(17)21/h2-3,8,11,20H,4-7,9-10H2,1H3,(H2,17,21). The van der Waals surface area contributed by atoms with Crippen LogP contribution in [0.5, 0.6) is 11.5 Å². The molecule has 1 heterocycles. The third kappa shape index (κ3) is 5.16. The average Bonchev–Trinajstić information content (AvgIpc) is 2.54. The molecule has 1 aromatic rings. The lowest BCUT2D eigenvalue weighted by atomic mass is 10.2. The second-order valence-corrected chi connectivity index (χ2v) is 5.79. The summed E-state index contributed by atoms with van der Waals surface area (Å²) in [4.78, 5) is 14.7. The number of aliphatic hydroxyl groups is 1. The number of benzene rings is 1. The van der Waals surface area contributed by atoms with Crippen molar-refractivity contribution in [2.45, 2.75) is 6.10 Å². The van der Waals surface area contributed by atoms with Gasteiger partial charge in [0, 0.05) is 38.8 Å². The zero-order valence-electron chi connectivity index (χ0n) is 13.1. The first-order valence-electron chi connectivity index (χ1n) is 7.40. The Balaban J connectivity index is 1.75. The van der Waals surface area contributed by atoms with Crippen LogP contribution in [0.2, 0.25) is 5.02 Å². The number of aliphatic hydroxyl groups excluding tert-OH is 1. The van der Waals surface area contributed by atoms with Crippen molar-refractivity contribution in [3.8, 4) is 11.5 Å². The number of methoxy groups -OCH3 is 1. The van der Waals surface area contributed by atoms with Gasteiger partial charge in [-0.1, -0.05) is 11.6 Å². The number of hydrogen-bond acceptors (Lipinski definition) is 5. The third-order valence-corrected chi connectivity index (χ3v) is 4.02. The number of β-amino-alcohol motifs (C(OH)–C–C–N with tert-alkyl or cyclic N) is 1. The number of rotatable bonds is 6. The first-order valence-corrected chi connectivity index (χ1v) is 7.78. The molecule has 1 fully saturated rings. The molecule has 1 saturated heterocycles. The number of ether oxygens (including phenoxy) is 2. The second kappa shape index (κ2) is 8.24. The van der Waals surface area contributed by atoms with E-state index in [9.17, 15) is 9.90 Å². The van der Waals surface area contributed by atoms with Crippen LogP contribution in [0.3, 0.4) is 0 Å². The topological polar surface area (TPSA) is 88.3 Å². The minimum Gasteiger partial charge on any atom is -0.497 e. The molecule has 2 rings (SSSR count). The van der Waals surface area contributed by atoms with Gasteiger partial charge in [-0.05, 0) is 12.1 Å². The van der Waals surface area contributed by atoms with Crippen LogP contribution in [0.1, 0.15) is 0 Å². The Bertz CT molecular complexity index is 535. The van der Waals surface area contributed by atoms with Crippen molar-refractivity contribution < 1.29 is 19.4 Å². The maximum atomic E-state index is 11.1. The average molecular weight is 344 g/mol. The molecule has 0 saturated carbocycles. The van der Waals surface area contributed by atoms with E-state index in [1.54, 1.807) is 30.2 Å². The highest BCUT2D eigenvalue weighted by Gasteiger charge is 2.21. The maximum absolute atomic E-state index is 11.1. The third-order valence-electron chi connectivity index (χ3n) is 3.72. The van der Waals surface area contributed by atoms with E-state index in [4.69, 9.17) is 26.8 Å². The summed E-state index contributed by atoms with van der Waals surface area (Å²) in [6, 6.07) is 4.71. The van der Waals surface area contributed by atoms with E-state index in [0.717, 1.165) is 0 Å². The maximum Gasteiger partial charge on any atom is 0.314 e. The van der Waals surface area contributed by atoms with E-state index in [1.165, 1.54) is 0 Å². The molecule has 0 radical (unpaired) electrons. The van der Waals surface area contributed by atoms with E-state index in [1.807, 2.05) is 0 Å². The number of carbonyl (C=O) groups excluding carboxylic acids is 1. The summed E-state index contributed by atoms with van der Waals surface area (Å²) >= 11 is 6.08. The molecule has 1 aliphatic rings. The van der Waals surface area contributed by atoms with Crippen LogP contribution in [-0.4, -0.2) is 73.5 Å². The Hall–Kier alpha value is -1.70. The van der Waals surface area contributed by atoms with Crippen molar-refractivity contribution in [1.29, 1.82) is 0 Å². The fourth-order valence-electron chi connectivity index (χ4n) is 2.41. The molecule has 3 N–H and O–H groups in total. The summed E-state index contributed by atoms with van der Waals surface area (Å²) in [6.45, 7) is 3.13. The highest BCUT2D eigenvalue weighted by molar-refractivity contribution is 6.32. The lowest BCUT2D eigenvalue weighted by Crippen LogP contribution is -2.52. The fourth-order valence-corrected chi connectivity index (χ4v) is 2.64. The first kappa shape index (κ1) is 17.7. The van der Waals surface area contributed by atoms with Gasteiger partial charge in [0.25, 0.3) is 0 Å². The van der Waals surface area contributed by atoms with Gasteiger partial charge >= 0.3 is 6.03 Å². The fraction of sp³-hybridized carbons (Fsp3) is 0.533. The largest absolute Gasteiger partial charge is 0.497 e. The molecule has 1 atom stereocenters. The minimum absolute atomic E-state index is 0.141. The van der Waals surface area contributed by atoms with Crippen molar-refractivity contribution in [2.75, 3.05) is 46.4 Å². The van der Waals surface area contributed by atoms with E-state index in [2.05, 4.69) is 4.90 Å². The Morgan fingerprint density at radius 2 is 2.09 bits per heavy atom. The molecule has 0 aromatic heterocycles. The van der Waals surface area contributed by atoms with Crippen molar-refractivity contribution in [1.82, 2.24) is 9.80 Å². The van der Waals surface area contributed by atoms with Crippen molar-refractivity contribution in [3.63, 3.8) is 0 Å². The zero-order valence-corrected chi connectivity index (χ0v) is 13.8. The normalized spacial score (nSPS) is 16.9. The summed E-state index contributed by atoms with van der Waals surface area (Å²) in [5.41, 5.74) is 5.24. The monoisotopic (exact) mass is 343 g/mol. The van der Waals surface area contributed by atoms with Crippen LogP contribution in [0.25, 0.3) is 0 Å². The van der Waals surface area contributed by atoms with Gasteiger partial charge in [-0.25, -0.2) is 4.79 Å². The van der Waals surface area contributed by atoms with Crippen LogP contribution >= 0.6 is 11.6 Å². The van der Waals surface area contributed by atoms with Gasteiger partial charge in [0.1, 0.15) is 24.2 Å². The van der Waals surface area contributed by atoms with E-state index >= 15 is 0 Å². The number of nitrogens with zero attached hydrogens (tertiary/aromatic N) is 2. The SMILES string of the molecule is COc1ccc(OCC(O)CN2CCN(C(N)=O)CC2)c(Cl)c1. The minimum atomic E-state index is -0.645. The molecule has 7 nitrogen and oxygen atoms in total. The molecule has 1 aliphatic heterocycles. The molecule has 8 heteroatoms. The molecule has 128 valence electrons. The lowest BCUT2D eigenvalue weighted by molar-refractivity contribution is 0.0523. The number of nitrogens with two attached hydrogens (primary N) is 1. The summed E-state index contributed by atoms with van der Waals surface area (Å²) in [6.07, 6.45) is -0.645. The first-order chi connectivity index (χ1) is 11.0. The molecule has 0 spiro atoms. The van der Waals surface area contributed by atoms with Gasteiger partial charge in [-0.3, -0.25) is 4.90 Å².